The molecule has 0 saturated carbocycles. The van der Waals surface area contributed by atoms with E-state index in [1.165, 1.54) is 22.4 Å². The number of rotatable bonds is 4. The Morgan fingerprint density at radius 1 is 1.25 bits per heavy atom. The summed E-state index contributed by atoms with van der Waals surface area (Å²) in [4.78, 5) is 0. The van der Waals surface area contributed by atoms with E-state index < -0.39 is 0 Å². The molecule has 0 spiro atoms. The van der Waals surface area contributed by atoms with Crippen molar-refractivity contribution < 1.29 is 4.74 Å². The minimum absolute atomic E-state index is 0.0742. The number of benzene rings is 2. The molecular weight excluding hydrogens is 248 g/mol. The van der Waals surface area contributed by atoms with E-state index in [9.17, 15) is 0 Å². The predicted octanol–water partition coefficient (Wildman–Crippen LogP) is 2.97. The molecule has 0 aliphatic carbocycles. The van der Waals surface area contributed by atoms with Crippen LogP contribution in [0.25, 0.3) is 11.1 Å². The number of fused-ring (bicyclic) bond motifs is 1. The van der Waals surface area contributed by atoms with Crippen LogP contribution in [-0.4, -0.2) is 20.3 Å². The van der Waals surface area contributed by atoms with Crippen LogP contribution >= 0.6 is 0 Å². The lowest BCUT2D eigenvalue weighted by Crippen LogP contribution is -2.15. The van der Waals surface area contributed by atoms with Crippen molar-refractivity contribution in [2.45, 2.75) is 12.5 Å². The summed E-state index contributed by atoms with van der Waals surface area (Å²) in [6.07, 6.45) is 1.08. The first-order valence-corrected chi connectivity index (χ1v) is 7.00. The Hall–Kier alpha value is -1.84. The molecule has 1 heterocycles. The monoisotopic (exact) mass is 268 g/mol. The summed E-state index contributed by atoms with van der Waals surface area (Å²) in [5.41, 5.74) is 12.4. The number of hydrogen-bond donors (Lipinski definition) is 2. The zero-order chi connectivity index (χ0) is 13.9. The molecule has 0 bridgehead atoms. The fraction of sp³-hybridized carbons (Fsp3) is 0.294. The Balaban J connectivity index is 1.99. The lowest BCUT2D eigenvalue weighted by atomic mass is 9.95. The molecule has 0 saturated heterocycles. The van der Waals surface area contributed by atoms with Crippen molar-refractivity contribution in [3.05, 3.63) is 53.6 Å². The standard InChI is InChI=1S/C17H20N2O/c1-20-11-16(18)13-5-2-4-12(10-13)14-6-3-7-17-15(14)8-9-19-17/h2-7,10,16,19H,8-9,11,18H2,1H3. The molecule has 3 heteroatoms. The van der Waals surface area contributed by atoms with Gasteiger partial charge in [0.05, 0.1) is 12.6 Å². The van der Waals surface area contributed by atoms with E-state index in [2.05, 4.69) is 47.8 Å². The maximum Gasteiger partial charge on any atom is 0.0655 e. The molecule has 0 amide bonds. The minimum Gasteiger partial charge on any atom is -0.384 e. The van der Waals surface area contributed by atoms with Gasteiger partial charge in [0.25, 0.3) is 0 Å². The fourth-order valence-electron chi connectivity index (χ4n) is 2.83. The van der Waals surface area contributed by atoms with Gasteiger partial charge in [0.15, 0.2) is 0 Å². The normalized spacial score (nSPS) is 14.7. The summed E-state index contributed by atoms with van der Waals surface area (Å²) in [7, 11) is 1.68. The Morgan fingerprint density at radius 2 is 2.10 bits per heavy atom. The molecule has 0 fully saturated rings. The first-order chi connectivity index (χ1) is 9.79. The van der Waals surface area contributed by atoms with Crippen LogP contribution in [-0.2, 0) is 11.2 Å². The largest absolute Gasteiger partial charge is 0.384 e. The number of hydrogen-bond acceptors (Lipinski definition) is 3. The van der Waals surface area contributed by atoms with E-state index in [1.807, 2.05) is 0 Å². The highest BCUT2D eigenvalue weighted by Gasteiger charge is 2.15. The van der Waals surface area contributed by atoms with E-state index in [1.54, 1.807) is 7.11 Å². The number of methoxy groups -OCH3 is 1. The van der Waals surface area contributed by atoms with Gasteiger partial charge in [0, 0.05) is 19.3 Å². The molecule has 0 aromatic heterocycles. The van der Waals surface area contributed by atoms with Crippen molar-refractivity contribution in [1.82, 2.24) is 0 Å². The van der Waals surface area contributed by atoms with Crippen LogP contribution in [0.2, 0.25) is 0 Å². The van der Waals surface area contributed by atoms with Gasteiger partial charge in [0.2, 0.25) is 0 Å². The van der Waals surface area contributed by atoms with E-state index in [0.717, 1.165) is 18.5 Å². The Morgan fingerprint density at radius 3 is 2.95 bits per heavy atom. The van der Waals surface area contributed by atoms with E-state index in [0.29, 0.717) is 6.61 Å². The summed E-state index contributed by atoms with van der Waals surface area (Å²) in [5.74, 6) is 0. The van der Waals surface area contributed by atoms with E-state index in [4.69, 9.17) is 10.5 Å². The van der Waals surface area contributed by atoms with Gasteiger partial charge >= 0.3 is 0 Å². The van der Waals surface area contributed by atoms with Gasteiger partial charge in [-0.2, -0.15) is 0 Å². The molecule has 1 unspecified atom stereocenters. The van der Waals surface area contributed by atoms with Crippen molar-refractivity contribution in [3.8, 4) is 11.1 Å². The number of ether oxygens (including phenoxy) is 1. The molecule has 2 aromatic rings. The topological polar surface area (TPSA) is 47.3 Å². The van der Waals surface area contributed by atoms with Crippen molar-refractivity contribution >= 4 is 5.69 Å². The molecule has 104 valence electrons. The van der Waals surface area contributed by atoms with Crippen molar-refractivity contribution in [2.24, 2.45) is 5.73 Å². The summed E-state index contributed by atoms with van der Waals surface area (Å²) in [5, 5.41) is 3.42. The van der Waals surface area contributed by atoms with Gasteiger partial charge in [-0.3, -0.25) is 0 Å². The third-order valence-corrected chi connectivity index (χ3v) is 3.84. The number of anilines is 1. The first kappa shape index (κ1) is 13.2. The summed E-state index contributed by atoms with van der Waals surface area (Å²) in [6.45, 7) is 1.56. The van der Waals surface area contributed by atoms with Crippen LogP contribution in [0.15, 0.2) is 42.5 Å². The van der Waals surface area contributed by atoms with Crippen LogP contribution < -0.4 is 11.1 Å². The molecule has 3 N–H and O–H groups in total. The molecule has 20 heavy (non-hydrogen) atoms. The highest BCUT2D eigenvalue weighted by atomic mass is 16.5. The molecule has 1 atom stereocenters. The van der Waals surface area contributed by atoms with E-state index >= 15 is 0 Å². The summed E-state index contributed by atoms with van der Waals surface area (Å²) in [6, 6.07) is 14.8. The third kappa shape index (κ3) is 2.42. The van der Waals surface area contributed by atoms with Gasteiger partial charge in [-0.15, -0.1) is 0 Å². The van der Waals surface area contributed by atoms with Crippen molar-refractivity contribution in [2.75, 3.05) is 25.6 Å². The Bertz CT molecular complexity index is 610. The van der Waals surface area contributed by atoms with Crippen LogP contribution in [0.1, 0.15) is 17.2 Å². The first-order valence-electron chi connectivity index (χ1n) is 7.00. The second-order valence-corrected chi connectivity index (χ2v) is 5.20. The van der Waals surface area contributed by atoms with Gasteiger partial charge in [-0.25, -0.2) is 0 Å². The molecule has 1 aliphatic rings. The van der Waals surface area contributed by atoms with Crippen LogP contribution in [0, 0.1) is 0 Å². The van der Waals surface area contributed by atoms with Crippen LogP contribution in [0.5, 0.6) is 0 Å². The molecule has 1 aliphatic heterocycles. The van der Waals surface area contributed by atoms with Gasteiger partial charge in [0.1, 0.15) is 0 Å². The summed E-state index contributed by atoms with van der Waals surface area (Å²) < 4.78 is 5.14. The third-order valence-electron chi connectivity index (χ3n) is 3.84. The minimum atomic E-state index is -0.0742. The highest BCUT2D eigenvalue weighted by Crippen LogP contribution is 2.33. The second kappa shape index (κ2) is 5.65. The molecule has 3 nitrogen and oxygen atoms in total. The predicted molar refractivity (Wildman–Crippen MR) is 82.9 cm³/mol. The van der Waals surface area contributed by atoms with Crippen molar-refractivity contribution in [3.63, 3.8) is 0 Å². The number of nitrogens with two attached hydrogens (primary N) is 1. The van der Waals surface area contributed by atoms with Crippen LogP contribution in [0.3, 0.4) is 0 Å². The fourth-order valence-corrected chi connectivity index (χ4v) is 2.83. The Labute approximate surface area is 119 Å². The zero-order valence-corrected chi connectivity index (χ0v) is 11.7. The molecule has 2 aromatic carbocycles. The Kier molecular flexibility index (Phi) is 3.72. The SMILES string of the molecule is COCC(N)c1cccc(-c2cccc3c2CCN3)c1. The zero-order valence-electron chi connectivity index (χ0n) is 11.7. The van der Waals surface area contributed by atoms with Gasteiger partial charge in [-0.1, -0.05) is 30.3 Å². The van der Waals surface area contributed by atoms with E-state index in [-0.39, 0.29) is 6.04 Å². The second-order valence-electron chi connectivity index (χ2n) is 5.20. The lowest BCUT2D eigenvalue weighted by Gasteiger charge is -2.14. The quantitative estimate of drug-likeness (QED) is 0.896. The van der Waals surface area contributed by atoms with Gasteiger partial charge < -0.3 is 15.8 Å². The van der Waals surface area contributed by atoms with Gasteiger partial charge in [-0.05, 0) is 40.8 Å². The summed E-state index contributed by atoms with van der Waals surface area (Å²) >= 11 is 0. The average molecular weight is 268 g/mol. The smallest absolute Gasteiger partial charge is 0.0655 e. The highest BCUT2D eigenvalue weighted by molar-refractivity contribution is 5.76. The molecule has 3 rings (SSSR count). The molecule has 0 radical (unpaired) electrons. The maximum atomic E-state index is 6.13. The number of nitrogens with one attached hydrogen (secondary N) is 1. The maximum absolute atomic E-state index is 6.13. The average Bonchev–Trinajstić information content (AvgIpc) is 2.96. The van der Waals surface area contributed by atoms with Crippen molar-refractivity contribution in [1.29, 1.82) is 0 Å². The molecular formula is C17H20N2O. The van der Waals surface area contributed by atoms with Crippen LogP contribution in [0.4, 0.5) is 5.69 Å². The lowest BCUT2D eigenvalue weighted by molar-refractivity contribution is 0.181.